The Morgan fingerprint density at radius 3 is 2.50 bits per heavy atom. The molecule has 0 aromatic heterocycles. The van der Waals surface area contributed by atoms with Crippen molar-refractivity contribution in [3.05, 3.63) is 47.6 Å². The van der Waals surface area contributed by atoms with Gasteiger partial charge in [-0.2, -0.15) is 0 Å². The minimum atomic E-state index is 0.883. The molecular formula is C15H20O. The summed E-state index contributed by atoms with van der Waals surface area (Å²) in [5.74, 6) is 0.883. The van der Waals surface area contributed by atoms with Crippen LogP contribution in [0, 0.1) is 0 Å². The van der Waals surface area contributed by atoms with Gasteiger partial charge in [0.25, 0.3) is 0 Å². The first-order valence-electron chi connectivity index (χ1n) is 5.49. The average molecular weight is 216 g/mol. The molecule has 0 amide bonds. The number of benzene rings is 1. The van der Waals surface area contributed by atoms with E-state index < -0.39 is 0 Å². The molecule has 1 aromatic carbocycles. The highest BCUT2D eigenvalue weighted by Gasteiger charge is 2.02. The summed E-state index contributed by atoms with van der Waals surface area (Å²) in [4.78, 5) is 0. The van der Waals surface area contributed by atoms with Crippen molar-refractivity contribution >= 4 is 5.57 Å². The average Bonchev–Trinajstić information content (AvgIpc) is 2.28. The van der Waals surface area contributed by atoms with E-state index in [1.807, 2.05) is 18.2 Å². The van der Waals surface area contributed by atoms with Gasteiger partial charge in [-0.25, -0.2) is 0 Å². The van der Waals surface area contributed by atoms with Crippen molar-refractivity contribution < 1.29 is 4.74 Å². The van der Waals surface area contributed by atoms with Crippen LogP contribution in [0.25, 0.3) is 5.57 Å². The Kier molecular flexibility index (Phi) is 4.36. The second-order valence-corrected chi connectivity index (χ2v) is 4.29. The highest BCUT2D eigenvalue weighted by atomic mass is 16.5. The molecule has 0 saturated carbocycles. The van der Waals surface area contributed by atoms with E-state index in [9.17, 15) is 0 Å². The fourth-order valence-electron chi connectivity index (χ4n) is 1.44. The van der Waals surface area contributed by atoms with Crippen LogP contribution < -0.4 is 4.74 Å². The van der Waals surface area contributed by atoms with E-state index in [2.05, 4.69) is 33.4 Å². The number of methoxy groups -OCH3 is 1. The zero-order chi connectivity index (χ0) is 12.1. The lowest BCUT2D eigenvalue weighted by molar-refractivity contribution is 0.414. The van der Waals surface area contributed by atoms with Crippen LogP contribution in [0.5, 0.6) is 5.75 Å². The highest BCUT2D eigenvalue weighted by molar-refractivity contribution is 5.66. The summed E-state index contributed by atoms with van der Waals surface area (Å²) >= 11 is 0. The normalized spacial score (nSPS) is 9.75. The largest absolute Gasteiger partial charge is 0.497 e. The highest BCUT2D eigenvalue weighted by Crippen LogP contribution is 2.24. The summed E-state index contributed by atoms with van der Waals surface area (Å²) in [5, 5.41) is 0. The lowest BCUT2D eigenvalue weighted by Crippen LogP contribution is -1.89. The summed E-state index contributed by atoms with van der Waals surface area (Å²) in [6, 6.07) is 8.05. The summed E-state index contributed by atoms with van der Waals surface area (Å²) in [6.07, 6.45) is 0.926. The van der Waals surface area contributed by atoms with E-state index in [1.54, 1.807) is 7.11 Å². The maximum atomic E-state index is 5.20. The molecule has 0 N–H and O–H groups in total. The Labute approximate surface area is 98.5 Å². The molecule has 1 heteroatoms. The van der Waals surface area contributed by atoms with Gasteiger partial charge in [-0.3, -0.25) is 0 Å². The van der Waals surface area contributed by atoms with Crippen LogP contribution in [-0.2, 0) is 0 Å². The standard InChI is InChI=1S/C15H20O/c1-11(2)12(3)9-13(4)14-7-6-8-15(10-14)16-5/h6-8,10H,4,9H2,1-3,5H3. The number of hydrogen-bond donors (Lipinski definition) is 0. The summed E-state index contributed by atoms with van der Waals surface area (Å²) in [6.45, 7) is 10.6. The Bertz CT molecular complexity index is 409. The molecule has 1 nitrogen and oxygen atoms in total. The van der Waals surface area contributed by atoms with Gasteiger partial charge in [-0.15, -0.1) is 0 Å². The Balaban J connectivity index is 2.85. The van der Waals surface area contributed by atoms with E-state index in [0.29, 0.717) is 0 Å². The van der Waals surface area contributed by atoms with E-state index in [-0.39, 0.29) is 0 Å². The van der Waals surface area contributed by atoms with Gasteiger partial charge in [0.2, 0.25) is 0 Å². The second kappa shape index (κ2) is 5.55. The third-order valence-corrected chi connectivity index (χ3v) is 2.81. The van der Waals surface area contributed by atoms with Crippen molar-refractivity contribution in [3.8, 4) is 5.75 Å². The van der Waals surface area contributed by atoms with Crippen LogP contribution in [-0.4, -0.2) is 7.11 Å². The molecule has 0 aliphatic heterocycles. The van der Waals surface area contributed by atoms with Crippen molar-refractivity contribution in [2.45, 2.75) is 27.2 Å². The molecule has 0 heterocycles. The third-order valence-electron chi connectivity index (χ3n) is 2.81. The molecule has 0 aliphatic carbocycles. The van der Waals surface area contributed by atoms with Crippen molar-refractivity contribution in [3.63, 3.8) is 0 Å². The molecule has 1 aromatic rings. The fourth-order valence-corrected chi connectivity index (χ4v) is 1.44. The lowest BCUT2D eigenvalue weighted by Gasteiger charge is -2.09. The number of hydrogen-bond acceptors (Lipinski definition) is 1. The fraction of sp³-hybridized carbons (Fsp3) is 0.333. The molecule has 0 unspecified atom stereocenters. The SMILES string of the molecule is C=C(CC(C)=C(C)C)c1cccc(OC)c1. The van der Waals surface area contributed by atoms with Gasteiger partial charge < -0.3 is 4.74 Å². The van der Waals surface area contributed by atoms with Crippen molar-refractivity contribution in [1.82, 2.24) is 0 Å². The lowest BCUT2D eigenvalue weighted by atomic mass is 9.98. The van der Waals surface area contributed by atoms with Gasteiger partial charge in [0.1, 0.15) is 5.75 Å². The van der Waals surface area contributed by atoms with Crippen LogP contribution in [0.3, 0.4) is 0 Å². The minimum Gasteiger partial charge on any atom is -0.497 e. The minimum absolute atomic E-state index is 0.883. The van der Waals surface area contributed by atoms with Crippen LogP contribution in [0.2, 0.25) is 0 Å². The molecule has 0 aliphatic rings. The molecule has 0 saturated heterocycles. The smallest absolute Gasteiger partial charge is 0.119 e. The van der Waals surface area contributed by atoms with Gasteiger partial charge in [0.15, 0.2) is 0 Å². The van der Waals surface area contributed by atoms with Crippen LogP contribution >= 0.6 is 0 Å². The maximum absolute atomic E-state index is 5.20. The first-order valence-corrected chi connectivity index (χ1v) is 5.49. The molecule has 0 atom stereocenters. The van der Waals surface area contributed by atoms with Crippen LogP contribution in [0.15, 0.2) is 42.0 Å². The molecule has 0 fully saturated rings. The van der Waals surface area contributed by atoms with E-state index >= 15 is 0 Å². The van der Waals surface area contributed by atoms with Gasteiger partial charge in [-0.05, 0) is 50.5 Å². The molecule has 0 spiro atoms. The molecule has 0 radical (unpaired) electrons. The predicted molar refractivity (Wildman–Crippen MR) is 70.7 cm³/mol. The van der Waals surface area contributed by atoms with Crippen LogP contribution in [0.4, 0.5) is 0 Å². The van der Waals surface area contributed by atoms with Gasteiger partial charge in [0, 0.05) is 0 Å². The predicted octanol–water partition coefficient (Wildman–Crippen LogP) is 4.45. The monoisotopic (exact) mass is 216 g/mol. The van der Waals surface area contributed by atoms with E-state index in [4.69, 9.17) is 4.74 Å². The number of ether oxygens (including phenoxy) is 1. The Morgan fingerprint density at radius 1 is 1.25 bits per heavy atom. The third kappa shape index (κ3) is 3.27. The van der Waals surface area contributed by atoms with Gasteiger partial charge in [-0.1, -0.05) is 29.9 Å². The Morgan fingerprint density at radius 2 is 1.94 bits per heavy atom. The van der Waals surface area contributed by atoms with Gasteiger partial charge >= 0.3 is 0 Å². The van der Waals surface area contributed by atoms with Crippen molar-refractivity contribution in [2.24, 2.45) is 0 Å². The maximum Gasteiger partial charge on any atom is 0.119 e. The van der Waals surface area contributed by atoms with Crippen LogP contribution in [0.1, 0.15) is 32.8 Å². The molecule has 16 heavy (non-hydrogen) atoms. The zero-order valence-electron chi connectivity index (χ0n) is 10.6. The van der Waals surface area contributed by atoms with Crippen molar-refractivity contribution in [2.75, 3.05) is 7.11 Å². The number of allylic oxidation sites excluding steroid dienone is 3. The molecule has 0 bridgehead atoms. The quantitative estimate of drug-likeness (QED) is 0.675. The Hall–Kier alpha value is -1.50. The zero-order valence-corrected chi connectivity index (χ0v) is 10.6. The summed E-state index contributed by atoms with van der Waals surface area (Å²) < 4.78 is 5.20. The molecule has 86 valence electrons. The van der Waals surface area contributed by atoms with E-state index in [0.717, 1.165) is 23.3 Å². The second-order valence-electron chi connectivity index (χ2n) is 4.29. The molecule has 1 rings (SSSR count). The van der Waals surface area contributed by atoms with Crippen molar-refractivity contribution in [1.29, 1.82) is 0 Å². The first-order chi connectivity index (χ1) is 7.54. The van der Waals surface area contributed by atoms with E-state index in [1.165, 1.54) is 11.1 Å². The first kappa shape index (κ1) is 12.6. The van der Waals surface area contributed by atoms with Gasteiger partial charge in [0.05, 0.1) is 7.11 Å². The summed E-state index contributed by atoms with van der Waals surface area (Å²) in [5.41, 5.74) is 5.04. The molecular weight excluding hydrogens is 196 g/mol. The summed E-state index contributed by atoms with van der Waals surface area (Å²) in [7, 11) is 1.68. The number of rotatable bonds is 4. The topological polar surface area (TPSA) is 9.23 Å².